The molecule has 2 heterocycles. The van der Waals surface area contributed by atoms with E-state index in [-0.39, 0.29) is 24.2 Å². The van der Waals surface area contributed by atoms with Gasteiger partial charge in [-0.15, -0.1) is 0 Å². The van der Waals surface area contributed by atoms with Gasteiger partial charge in [0.15, 0.2) is 0 Å². The SMILES string of the molecule is O=C(Cn1ncc2cccn2c1=O)N[C@H]1CCCc2ccccc21. The molecular formula is C18H18N4O2. The van der Waals surface area contributed by atoms with Crippen molar-refractivity contribution < 1.29 is 4.79 Å². The van der Waals surface area contributed by atoms with Gasteiger partial charge in [-0.25, -0.2) is 9.48 Å². The van der Waals surface area contributed by atoms with E-state index in [0.717, 1.165) is 24.8 Å². The van der Waals surface area contributed by atoms with Crippen LogP contribution in [0.1, 0.15) is 30.0 Å². The molecule has 0 radical (unpaired) electrons. The molecule has 6 heteroatoms. The number of amides is 1. The number of fused-ring (bicyclic) bond motifs is 2. The summed E-state index contributed by atoms with van der Waals surface area (Å²) in [6.07, 6.45) is 6.28. The summed E-state index contributed by atoms with van der Waals surface area (Å²) in [7, 11) is 0. The van der Waals surface area contributed by atoms with Crippen molar-refractivity contribution in [3.8, 4) is 0 Å². The molecule has 0 bridgehead atoms. The van der Waals surface area contributed by atoms with Crippen LogP contribution >= 0.6 is 0 Å². The van der Waals surface area contributed by atoms with Crippen molar-refractivity contribution >= 4 is 11.4 Å². The van der Waals surface area contributed by atoms with Crippen LogP contribution in [-0.2, 0) is 17.8 Å². The van der Waals surface area contributed by atoms with Crippen molar-refractivity contribution in [2.24, 2.45) is 0 Å². The van der Waals surface area contributed by atoms with Gasteiger partial charge in [0.25, 0.3) is 0 Å². The minimum atomic E-state index is -0.309. The molecule has 0 aliphatic heterocycles. The van der Waals surface area contributed by atoms with Crippen molar-refractivity contribution in [3.05, 3.63) is 70.4 Å². The third-order valence-corrected chi connectivity index (χ3v) is 4.53. The van der Waals surface area contributed by atoms with Crippen LogP contribution in [0.4, 0.5) is 0 Å². The predicted molar refractivity (Wildman–Crippen MR) is 89.7 cm³/mol. The molecule has 1 N–H and O–H groups in total. The molecule has 1 aromatic carbocycles. The van der Waals surface area contributed by atoms with E-state index in [4.69, 9.17) is 0 Å². The highest BCUT2D eigenvalue weighted by Crippen LogP contribution is 2.29. The number of nitrogens with one attached hydrogen (secondary N) is 1. The van der Waals surface area contributed by atoms with Crippen LogP contribution in [0, 0.1) is 0 Å². The smallest absolute Gasteiger partial charge is 0.348 e. The highest BCUT2D eigenvalue weighted by atomic mass is 16.2. The van der Waals surface area contributed by atoms with Gasteiger partial charge in [-0.05, 0) is 42.5 Å². The molecule has 24 heavy (non-hydrogen) atoms. The van der Waals surface area contributed by atoms with Crippen molar-refractivity contribution in [2.75, 3.05) is 0 Å². The highest BCUT2D eigenvalue weighted by molar-refractivity contribution is 5.76. The van der Waals surface area contributed by atoms with Gasteiger partial charge in [-0.1, -0.05) is 24.3 Å². The lowest BCUT2D eigenvalue weighted by Crippen LogP contribution is -2.38. The lowest BCUT2D eigenvalue weighted by atomic mass is 9.88. The zero-order valence-corrected chi connectivity index (χ0v) is 13.2. The Kier molecular flexibility index (Phi) is 3.65. The fourth-order valence-electron chi connectivity index (χ4n) is 3.36. The topological polar surface area (TPSA) is 68.4 Å². The number of benzene rings is 1. The van der Waals surface area contributed by atoms with E-state index < -0.39 is 0 Å². The molecule has 0 saturated carbocycles. The number of aryl methyl sites for hydroxylation is 1. The fourth-order valence-corrected chi connectivity index (χ4v) is 3.36. The Morgan fingerprint density at radius 2 is 2.12 bits per heavy atom. The standard InChI is InChI=1S/C18H18N4O2/c23-17(12-22-18(24)21-10-4-7-14(21)11-19-22)20-16-9-3-6-13-5-1-2-8-15(13)16/h1-2,4-5,7-8,10-11,16H,3,6,9,12H2,(H,20,23)/t16-/m0/s1. The van der Waals surface area contributed by atoms with Gasteiger partial charge in [0.1, 0.15) is 6.54 Å². The lowest BCUT2D eigenvalue weighted by Gasteiger charge is -2.26. The zero-order valence-electron chi connectivity index (χ0n) is 13.2. The Labute approximate surface area is 138 Å². The molecule has 0 saturated heterocycles. The summed E-state index contributed by atoms with van der Waals surface area (Å²) in [6, 6.07) is 11.8. The number of hydrogen-bond donors (Lipinski definition) is 1. The van der Waals surface area contributed by atoms with Crippen LogP contribution in [-0.4, -0.2) is 20.1 Å². The van der Waals surface area contributed by atoms with Crippen LogP contribution < -0.4 is 11.0 Å². The number of carbonyl (C=O) groups is 1. The van der Waals surface area contributed by atoms with Gasteiger partial charge in [0.2, 0.25) is 5.91 Å². The second kappa shape index (κ2) is 5.96. The van der Waals surface area contributed by atoms with E-state index in [2.05, 4.69) is 22.5 Å². The number of nitrogens with zero attached hydrogens (tertiary/aromatic N) is 3. The van der Waals surface area contributed by atoms with E-state index in [9.17, 15) is 9.59 Å². The monoisotopic (exact) mass is 322 g/mol. The number of hydrogen-bond acceptors (Lipinski definition) is 3. The number of carbonyl (C=O) groups excluding carboxylic acids is 1. The van der Waals surface area contributed by atoms with Crippen LogP contribution in [0.15, 0.2) is 53.6 Å². The van der Waals surface area contributed by atoms with E-state index in [1.54, 1.807) is 24.5 Å². The summed E-state index contributed by atoms with van der Waals surface area (Å²) >= 11 is 0. The molecule has 1 aliphatic carbocycles. The first-order chi connectivity index (χ1) is 11.7. The van der Waals surface area contributed by atoms with Gasteiger partial charge in [-0.3, -0.25) is 9.20 Å². The quantitative estimate of drug-likeness (QED) is 0.798. The highest BCUT2D eigenvalue weighted by Gasteiger charge is 2.21. The molecular weight excluding hydrogens is 304 g/mol. The minimum absolute atomic E-state index is 0.00783. The number of aromatic nitrogens is 3. The molecule has 4 rings (SSSR count). The van der Waals surface area contributed by atoms with Gasteiger partial charge in [-0.2, -0.15) is 5.10 Å². The zero-order chi connectivity index (χ0) is 16.5. The summed E-state index contributed by atoms with van der Waals surface area (Å²) in [4.78, 5) is 24.7. The number of rotatable bonds is 3. The van der Waals surface area contributed by atoms with Gasteiger partial charge in [0, 0.05) is 6.20 Å². The summed E-state index contributed by atoms with van der Waals surface area (Å²) in [6.45, 7) is -0.0778. The predicted octanol–water partition coefficient (Wildman–Crippen LogP) is 1.69. The average Bonchev–Trinajstić information content (AvgIpc) is 3.07. The van der Waals surface area contributed by atoms with Crippen LogP contribution in [0.5, 0.6) is 0 Å². The van der Waals surface area contributed by atoms with E-state index in [1.807, 2.05) is 12.1 Å². The lowest BCUT2D eigenvalue weighted by molar-refractivity contribution is -0.122. The molecule has 122 valence electrons. The van der Waals surface area contributed by atoms with Crippen molar-refractivity contribution in [1.29, 1.82) is 0 Å². The Morgan fingerprint density at radius 3 is 3.04 bits per heavy atom. The molecule has 1 atom stereocenters. The van der Waals surface area contributed by atoms with Crippen LogP contribution in [0.25, 0.3) is 5.52 Å². The molecule has 6 nitrogen and oxygen atoms in total. The maximum Gasteiger partial charge on any atom is 0.349 e. The van der Waals surface area contributed by atoms with Crippen molar-refractivity contribution in [3.63, 3.8) is 0 Å². The largest absolute Gasteiger partial charge is 0.349 e. The van der Waals surface area contributed by atoms with E-state index in [0.29, 0.717) is 0 Å². The molecule has 1 aliphatic rings. The Balaban J connectivity index is 1.53. The van der Waals surface area contributed by atoms with Crippen LogP contribution in [0.3, 0.4) is 0 Å². The summed E-state index contributed by atoms with van der Waals surface area (Å²) < 4.78 is 2.67. The maximum absolute atomic E-state index is 12.4. The first-order valence-corrected chi connectivity index (χ1v) is 8.13. The van der Waals surface area contributed by atoms with Crippen molar-refractivity contribution in [2.45, 2.75) is 31.8 Å². The third kappa shape index (κ3) is 2.60. The minimum Gasteiger partial charge on any atom is -0.348 e. The Bertz CT molecular complexity index is 957. The fraction of sp³-hybridized carbons (Fsp3) is 0.278. The Morgan fingerprint density at radius 1 is 1.25 bits per heavy atom. The normalized spacial score (nSPS) is 16.8. The molecule has 2 aromatic heterocycles. The first-order valence-electron chi connectivity index (χ1n) is 8.13. The van der Waals surface area contributed by atoms with E-state index >= 15 is 0 Å². The summed E-state index contributed by atoms with van der Waals surface area (Å²) in [5.74, 6) is -0.196. The Hall–Kier alpha value is -2.89. The second-order valence-corrected chi connectivity index (χ2v) is 6.10. The molecule has 1 amide bonds. The second-order valence-electron chi connectivity index (χ2n) is 6.10. The maximum atomic E-state index is 12.4. The van der Waals surface area contributed by atoms with Crippen LogP contribution in [0.2, 0.25) is 0 Å². The molecule has 0 spiro atoms. The molecule has 3 aromatic rings. The first kappa shape index (κ1) is 14.7. The average molecular weight is 322 g/mol. The third-order valence-electron chi connectivity index (χ3n) is 4.53. The van der Waals surface area contributed by atoms with Gasteiger partial charge >= 0.3 is 5.69 Å². The summed E-state index contributed by atoms with van der Waals surface area (Å²) in [5, 5.41) is 7.12. The van der Waals surface area contributed by atoms with Gasteiger partial charge in [0.05, 0.1) is 17.8 Å². The van der Waals surface area contributed by atoms with Gasteiger partial charge < -0.3 is 5.32 Å². The molecule has 0 unspecified atom stereocenters. The van der Waals surface area contributed by atoms with Crippen molar-refractivity contribution in [1.82, 2.24) is 19.5 Å². The molecule has 0 fully saturated rings. The van der Waals surface area contributed by atoms with E-state index in [1.165, 1.54) is 20.2 Å². The summed E-state index contributed by atoms with van der Waals surface area (Å²) in [5.41, 5.74) is 2.88.